The Bertz CT molecular complexity index is 405. The van der Waals surface area contributed by atoms with Gasteiger partial charge >= 0.3 is 0 Å². The third-order valence-electron chi connectivity index (χ3n) is 3.92. The summed E-state index contributed by atoms with van der Waals surface area (Å²) in [6, 6.07) is 4.25. The number of likely N-dealkylation sites (tertiary alicyclic amines) is 1. The minimum absolute atomic E-state index is 0. The van der Waals surface area contributed by atoms with E-state index in [1.54, 1.807) is 11.3 Å². The molecule has 1 aromatic rings. The molecule has 0 amide bonds. The van der Waals surface area contributed by atoms with Gasteiger partial charge in [-0.1, -0.05) is 19.9 Å². The Kier molecular flexibility index (Phi) is 6.59. The SMILES string of the molecule is CCC1(C)CCN(C(=NC)NCc2cccs2)C1.I. The Morgan fingerprint density at radius 2 is 2.37 bits per heavy atom. The van der Waals surface area contributed by atoms with Crippen LogP contribution in [0.5, 0.6) is 0 Å². The predicted octanol–water partition coefficient (Wildman–Crippen LogP) is 3.56. The number of hydrogen-bond donors (Lipinski definition) is 1. The fourth-order valence-corrected chi connectivity index (χ4v) is 3.05. The molecular formula is C14H24IN3S. The van der Waals surface area contributed by atoms with Crippen molar-refractivity contribution in [3.63, 3.8) is 0 Å². The van der Waals surface area contributed by atoms with E-state index in [0.717, 1.165) is 25.6 Å². The van der Waals surface area contributed by atoms with E-state index in [0.29, 0.717) is 5.41 Å². The van der Waals surface area contributed by atoms with Crippen LogP contribution in [0.25, 0.3) is 0 Å². The lowest BCUT2D eigenvalue weighted by Crippen LogP contribution is -2.40. The zero-order chi connectivity index (χ0) is 13.0. The molecule has 1 aliphatic heterocycles. The Morgan fingerprint density at radius 1 is 1.58 bits per heavy atom. The second-order valence-electron chi connectivity index (χ2n) is 5.32. The average Bonchev–Trinajstić information content (AvgIpc) is 3.01. The zero-order valence-electron chi connectivity index (χ0n) is 12.0. The molecule has 1 aliphatic rings. The summed E-state index contributed by atoms with van der Waals surface area (Å²) in [7, 11) is 1.87. The predicted molar refractivity (Wildman–Crippen MR) is 94.5 cm³/mol. The van der Waals surface area contributed by atoms with Crippen LogP contribution >= 0.6 is 35.3 Å². The Labute approximate surface area is 137 Å². The highest BCUT2D eigenvalue weighted by atomic mass is 127. The molecule has 0 aliphatic carbocycles. The normalized spacial score (nSPS) is 23.3. The molecule has 0 spiro atoms. The van der Waals surface area contributed by atoms with Crippen molar-refractivity contribution in [2.24, 2.45) is 10.4 Å². The molecule has 1 saturated heterocycles. The van der Waals surface area contributed by atoms with E-state index in [4.69, 9.17) is 0 Å². The number of guanidine groups is 1. The number of hydrogen-bond acceptors (Lipinski definition) is 2. The van der Waals surface area contributed by atoms with E-state index in [1.165, 1.54) is 17.7 Å². The van der Waals surface area contributed by atoms with E-state index in [-0.39, 0.29) is 24.0 Å². The van der Waals surface area contributed by atoms with E-state index < -0.39 is 0 Å². The third-order valence-corrected chi connectivity index (χ3v) is 4.80. The molecule has 1 fully saturated rings. The maximum Gasteiger partial charge on any atom is 0.193 e. The van der Waals surface area contributed by atoms with E-state index in [2.05, 4.69) is 46.6 Å². The first-order valence-electron chi connectivity index (χ1n) is 6.65. The molecule has 0 aromatic carbocycles. The van der Waals surface area contributed by atoms with E-state index >= 15 is 0 Å². The lowest BCUT2D eigenvalue weighted by atomic mass is 9.87. The van der Waals surface area contributed by atoms with Crippen molar-refractivity contribution >= 4 is 41.3 Å². The van der Waals surface area contributed by atoms with Crippen LogP contribution in [-0.2, 0) is 6.54 Å². The average molecular weight is 393 g/mol. The highest BCUT2D eigenvalue weighted by molar-refractivity contribution is 14.0. The van der Waals surface area contributed by atoms with Crippen molar-refractivity contribution in [3.8, 4) is 0 Å². The molecule has 2 rings (SSSR count). The summed E-state index contributed by atoms with van der Waals surface area (Å²) in [6.07, 6.45) is 2.51. The van der Waals surface area contributed by atoms with Crippen LogP contribution < -0.4 is 5.32 Å². The molecule has 1 atom stereocenters. The monoisotopic (exact) mass is 393 g/mol. The summed E-state index contributed by atoms with van der Waals surface area (Å²) >= 11 is 1.79. The number of halogens is 1. The van der Waals surface area contributed by atoms with Gasteiger partial charge in [-0.3, -0.25) is 4.99 Å². The molecule has 0 bridgehead atoms. The first kappa shape index (κ1) is 16.8. The summed E-state index contributed by atoms with van der Waals surface area (Å²) in [5.41, 5.74) is 0.459. The second-order valence-corrected chi connectivity index (χ2v) is 6.35. The van der Waals surface area contributed by atoms with Crippen LogP contribution in [0.4, 0.5) is 0 Å². The summed E-state index contributed by atoms with van der Waals surface area (Å²) in [6.45, 7) is 7.77. The summed E-state index contributed by atoms with van der Waals surface area (Å²) in [5.74, 6) is 1.04. The first-order chi connectivity index (χ1) is 8.67. The molecular weight excluding hydrogens is 369 g/mol. The Morgan fingerprint density at radius 3 is 2.89 bits per heavy atom. The molecule has 0 radical (unpaired) electrons. The fraction of sp³-hybridized carbons (Fsp3) is 0.643. The van der Waals surface area contributed by atoms with Crippen LogP contribution in [-0.4, -0.2) is 31.0 Å². The lowest BCUT2D eigenvalue weighted by Gasteiger charge is -2.25. The molecule has 1 unspecified atom stereocenters. The highest BCUT2D eigenvalue weighted by Crippen LogP contribution is 2.32. The van der Waals surface area contributed by atoms with Crippen LogP contribution in [0.15, 0.2) is 22.5 Å². The van der Waals surface area contributed by atoms with Gasteiger partial charge in [0, 0.05) is 25.0 Å². The number of thiophene rings is 1. The van der Waals surface area contributed by atoms with Gasteiger partial charge < -0.3 is 10.2 Å². The zero-order valence-corrected chi connectivity index (χ0v) is 15.1. The summed E-state index contributed by atoms with van der Waals surface area (Å²) in [5, 5.41) is 5.58. The van der Waals surface area contributed by atoms with Crippen molar-refractivity contribution in [1.29, 1.82) is 0 Å². The van der Waals surface area contributed by atoms with Gasteiger partial charge in [0.2, 0.25) is 0 Å². The van der Waals surface area contributed by atoms with Crippen molar-refractivity contribution in [3.05, 3.63) is 22.4 Å². The lowest BCUT2D eigenvalue weighted by molar-refractivity contribution is 0.322. The number of nitrogens with one attached hydrogen (secondary N) is 1. The van der Waals surface area contributed by atoms with Gasteiger partial charge in [-0.15, -0.1) is 35.3 Å². The smallest absolute Gasteiger partial charge is 0.193 e. The second kappa shape index (κ2) is 7.47. The molecule has 0 saturated carbocycles. The van der Waals surface area contributed by atoms with Crippen molar-refractivity contribution in [2.75, 3.05) is 20.1 Å². The van der Waals surface area contributed by atoms with Crippen LogP contribution in [0.3, 0.4) is 0 Å². The first-order valence-corrected chi connectivity index (χ1v) is 7.53. The minimum Gasteiger partial charge on any atom is -0.351 e. The Balaban J connectivity index is 0.00000180. The molecule has 2 heterocycles. The summed E-state index contributed by atoms with van der Waals surface area (Å²) < 4.78 is 0. The third kappa shape index (κ3) is 4.34. The molecule has 1 N–H and O–H groups in total. The van der Waals surface area contributed by atoms with Crippen molar-refractivity contribution in [2.45, 2.75) is 33.2 Å². The maximum absolute atomic E-state index is 4.41. The molecule has 108 valence electrons. The number of rotatable bonds is 3. The van der Waals surface area contributed by atoms with Crippen LogP contribution in [0.1, 0.15) is 31.6 Å². The van der Waals surface area contributed by atoms with Gasteiger partial charge in [-0.2, -0.15) is 0 Å². The van der Waals surface area contributed by atoms with Gasteiger partial charge in [-0.25, -0.2) is 0 Å². The largest absolute Gasteiger partial charge is 0.351 e. The fourth-order valence-electron chi connectivity index (χ4n) is 2.40. The van der Waals surface area contributed by atoms with Crippen molar-refractivity contribution in [1.82, 2.24) is 10.2 Å². The van der Waals surface area contributed by atoms with E-state index in [9.17, 15) is 0 Å². The minimum atomic E-state index is 0. The van der Waals surface area contributed by atoms with Gasteiger partial charge in [0.15, 0.2) is 5.96 Å². The van der Waals surface area contributed by atoms with Gasteiger partial charge in [-0.05, 0) is 29.7 Å². The molecule has 1 aromatic heterocycles. The highest BCUT2D eigenvalue weighted by Gasteiger charge is 2.33. The van der Waals surface area contributed by atoms with Crippen molar-refractivity contribution < 1.29 is 0 Å². The Hall–Kier alpha value is -0.300. The molecule has 5 heteroatoms. The summed E-state index contributed by atoms with van der Waals surface area (Å²) in [4.78, 5) is 8.15. The van der Waals surface area contributed by atoms with Crippen LogP contribution in [0, 0.1) is 5.41 Å². The number of aliphatic imine (C=N–C) groups is 1. The standard InChI is InChI=1S/C14H23N3S.HI/c1-4-14(2)7-8-17(11-14)13(15-3)16-10-12-6-5-9-18-12;/h5-6,9H,4,7-8,10-11H2,1-3H3,(H,15,16);1H. The quantitative estimate of drug-likeness (QED) is 0.483. The maximum atomic E-state index is 4.41. The molecule has 19 heavy (non-hydrogen) atoms. The van der Waals surface area contributed by atoms with E-state index in [1.807, 2.05) is 7.05 Å². The van der Waals surface area contributed by atoms with Gasteiger partial charge in [0.1, 0.15) is 0 Å². The van der Waals surface area contributed by atoms with Crippen LogP contribution in [0.2, 0.25) is 0 Å². The number of nitrogens with zero attached hydrogens (tertiary/aromatic N) is 2. The van der Waals surface area contributed by atoms with Gasteiger partial charge in [0.25, 0.3) is 0 Å². The topological polar surface area (TPSA) is 27.6 Å². The van der Waals surface area contributed by atoms with Gasteiger partial charge in [0.05, 0.1) is 6.54 Å². The molecule has 3 nitrogen and oxygen atoms in total.